The van der Waals surface area contributed by atoms with Crippen molar-refractivity contribution in [3.63, 3.8) is 0 Å². The molecular weight excluding hydrogens is 302 g/mol. The van der Waals surface area contributed by atoms with Crippen molar-refractivity contribution >= 4 is 15.9 Å². The molecule has 3 nitrogen and oxygen atoms in total. The zero-order valence-corrected chi connectivity index (χ0v) is 13.2. The molecule has 4 heteroatoms. The summed E-state index contributed by atoms with van der Waals surface area (Å²) in [5.74, 6) is 0.573. The third kappa shape index (κ3) is 3.25. The van der Waals surface area contributed by atoms with E-state index in [0.717, 1.165) is 22.3 Å². The number of nitrogens with two attached hydrogens (primary N) is 1. The summed E-state index contributed by atoms with van der Waals surface area (Å²) in [5, 5.41) is 0. The average Bonchev–Trinajstić information content (AvgIpc) is 2.76. The summed E-state index contributed by atoms with van der Waals surface area (Å²) in [7, 11) is 0. The molecule has 0 radical (unpaired) electrons. The molecule has 0 amide bonds. The van der Waals surface area contributed by atoms with E-state index in [1.807, 2.05) is 18.6 Å². The molecule has 1 aromatic carbocycles. The van der Waals surface area contributed by atoms with Crippen LogP contribution in [0.25, 0.3) is 5.69 Å². The molecule has 0 saturated heterocycles. The number of benzene rings is 1. The summed E-state index contributed by atoms with van der Waals surface area (Å²) in [6.45, 7) is 6.47. The first-order valence-electron chi connectivity index (χ1n) is 6.53. The van der Waals surface area contributed by atoms with Crippen LogP contribution in [0.3, 0.4) is 0 Å². The van der Waals surface area contributed by atoms with E-state index >= 15 is 0 Å². The Bertz CT molecular complexity index is 560. The van der Waals surface area contributed by atoms with Crippen LogP contribution < -0.4 is 5.73 Å². The van der Waals surface area contributed by atoms with E-state index < -0.39 is 0 Å². The summed E-state index contributed by atoms with van der Waals surface area (Å²) < 4.78 is 3.18. The van der Waals surface area contributed by atoms with Crippen LogP contribution in [0, 0.1) is 12.8 Å². The Labute approximate surface area is 123 Å². The minimum absolute atomic E-state index is 0.0190. The first-order chi connectivity index (χ1) is 8.99. The van der Waals surface area contributed by atoms with Crippen LogP contribution >= 0.6 is 15.9 Å². The van der Waals surface area contributed by atoms with E-state index in [2.05, 4.69) is 58.4 Å². The largest absolute Gasteiger partial charge is 0.323 e. The molecule has 1 heterocycles. The second-order valence-electron chi connectivity index (χ2n) is 5.36. The number of nitrogens with zero attached hydrogens (tertiary/aromatic N) is 2. The molecule has 2 aromatic rings. The molecule has 1 atom stereocenters. The van der Waals surface area contributed by atoms with E-state index in [9.17, 15) is 0 Å². The van der Waals surface area contributed by atoms with Crippen molar-refractivity contribution in [1.82, 2.24) is 9.55 Å². The van der Waals surface area contributed by atoms with Gasteiger partial charge in [0.05, 0.1) is 18.2 Å². The Morgan fingerprint density at radius 1 is 1.37 bits per heavy atom. The van der Waals surface area contributed by atoms with Crippen LogP contribution in [0.1, 0.15) is 37.6 Å². The van der Waals surface area contributed by atoms with Crippen LogP contribution in [-0.4, -0.2) is 9.55 Å². The van der Waals surface area contributed by atoms with Crippen molar-refractivity contribution in [2.24, 2.45) is 11.7 Å². The first-order valence-corrected chi connectivity index (χ1v) is 7.32. The number of aromatic nitrogens is 2. The second-order valence-corrected chi connectivity index (χ2v) is 6.27. The van der Waals surface area contributed by atoms with Gasteiger partial charge in [0.2, 0.25) is 0 Å². The summed E-state index contributed by atoms with van der Waals surface area (Å²) in [6.07, 6.45) is 4.67. The van der Waals surface area contributed by atoms with Crippen LogP contribution in [0.4, 0.5) is 0 Å². The predicted octanol–water partition coefficient (Wildman–Crippen LogP) is 3.99. The molecule has 0 spiro atoms. The average molecular weight is 322 g/mol. The van der Waals surface area contributed by atoms with Crippen molar-refractivity contribution in [2.75, 3.05) is 0 Å². The fourth-order valence-corrected chi connectivity index (χ4v) is 2.77. The lowest BCUT2D eigenvalue weighted by Gasteiger charge is -2.17. The Hall–Kier alpha value is -1.13. The van der Waals surface area contributed by atoms with Crippen molar-refractivity contribution in [3.05, 3.63) is 46.5 Å². The van der Waals surface area contributed by atoms with Gasteiger partial charge in [-0.2, -0.15) is 0 Å². The smallest absolute Gasteiger partial charge is 0.0994 e. The van der Waals surface area contributed by atoms with Gasteiger partial charge in [-0.15, -0.1) is 0 Å². The van der Waals surface area contributed by atoms with Crippen LogP contribution in [0.5, 0.6) is 0 Å². The first kappa shape index (κ1) is 14.3. The molecule has 2 rings (SSSR count). The van der Waals surface area contributed by atoms with Crippen LogP contribution in [0.2, 0.25) is 0 Å². The lowest BCUT2D eigenvalue weighted by Crippen LogP contribution is -2.16. The topological polar surface area (TPSA) is 43.8 Å². The predicted molar refractivity (Wildman–Crippen MR) is 82.4 cm³/mol. The molecule has 0 fully saturated rings. The Morgan fingerprint density at radius 2 is 2.11 bits per heavy atom. The summed E-state index contributed by atoms with van der Waals surface area (Å²) in [4.78, 5) is 4.26. The molecule has 102 valence electrons. The van der Waals surface area contributed by atoms with Gasteiger partial charge in [0.25, 0.3) is 0 Å². The Balaban J connectivity index is 2.38. The van der Waals surface area contributed by atoms with Crippen LogP contribution in [-0.2, 0) is 0 Å². The van der Waals surface area contributed by atoms with Gasteiger partial charge in [0.1, 0.15) is 0 Å². The highest BCUT2D eigenvalue weighted by Crippen LogP contribution is 2.25. The number of aryl methyl sites for hydroxylation is 1. The van der Waals surface area contributed by atoms with Crippen molar-refractivity contribution in [3.8, 4) is 5.69 Å². The van der Waals surface area contributed by atoms with Crippen molar-refractivity contribution < 1.29 is 0 Å². The zero-order chi connectivity index (χ0) is 14.0. The molecule has 0 bridgehead atoms. The van der Waals surface area contributed by atoms with Gasteiger partial charge in [-0.05, 0) is 43.0 Å². The van der Waals surface area contributed by atoms with E-state index in [1.54, 1.807) is 0 Å². The SMILES string of the molecule is Cc1cc(Br)ccc1-n1cncc1C(N)CC(C)C. The highest BCUT2D eigenvalue weighted by Gasteiger charge is 2.15. The normalized spacial score (nSPS) is 12.9. The maximum Gasteiger partial charge on any atom is 0.0994 e. The minimum Gasteiger partial charge on any atom is -0.323 e. The van der Waals surface area contributed by atoms with Gasteiger partial charge in [-0.25, -0.2) is 4.98 Å². The lowest BCUT2D eigenvalue weighted by atomic mass is 10.0. The van der Waals surface area contributed by atoms with Gasteiger partial charge < -0.3 is 10.3 Å². The third-order valence-corrected chi connectivity index (χ3v) is 3.68. The molecule has 2 N–H and O–H groups in total. The maximum absolute atomic E-state index is 6.29. The zero-order valence-electron chi connectivity index (χ0n) is 11.6. The number of hydrogen-bond donors (Lipinski definition) is 1. The van der Waals surface area contributed by atoms with E-state index in [4.69, 9.17) is 5.73 Å². The lowest BCUT2D eigenvalue weighted by molar-refractivity contribution is 0.498. The summed E-state index contributed by atoms with van der Waals surface area (Å²) in [5.41, 5.74) is 9.69. The fourth-order valence-electron chi connectivity index (χ4n) is 2.30. The molecule has 0 saturated carbocycles. The summed E-state index contributed by atoms with van der Waals surface area (Å²) in [6, 6.07) is 6.25. The molecule has 0 aliphatic heterocycles. The maximum atomic E-state index is 6.29. The molecule has 19 heavy (non-hydrogen) atoms. The van der Waals surface area contributed by atoms with Gasteiger partial charge >= 0.3 is 0 Å². The molecule has 1 unspecified atom stereocenters. The number of rotatable bonds is 4. The molecule has 0 aliphatic rings. The van der Waals surface area contributed by atoms with Gasteiger partial charge in [0, 0.05) is 16.2 Å². The Kier molecular flexibility index (Phi) is 4.42. The number of imidazole rings is 1. The van der Waals surface area contributed by atoms with E-state index in [-0.39, 0.29) is 6.04 Å². The number of halogens is 1. The summed E-state index contributed by atoms with van der Waals surface area (Å²) >= 11 is 3.49. The van der Waals surface area contributed by atoms with Crippen LogP contribution in [0.15, 0.2) is 35.2 Å². The monoisotopic (exact) mass is 321 g/mol. The molecule has 0 aliphatic carbocycles. The van der Waals surface area contributed by atoms with E-state index in [1.165, 1.54) is 5.56 Å². The van der Waals surface area contributed by atoms with Gasteiger partial charge in [0.15, 0.2) is 0 Å². The van der Waals surface area contributed by atoms with Gasteiger partial charge in [-0.3, -0.25) is 0 Å². The quantitative estimate of drug-likeness (QED) is 0.925. The third-order valence-electron chi connectivity index (χ3n) is 3.19. The minimum atomic E-state index is 0.0190. The number of hydrogen-bond acceptors (Lipinski definition) is 2. The molecule has 1 aromatic heterocycles. The highest BCUT2D eigenvalue weighted by molar-refractivity contribution is 9.10. The van der Waals surface area contributed by atoms with E-state index in [0.29, 0.717) is 5.92 Å². The standard InChI is InChI=1S/C15H20BrN3/c1-10(2)6-13(17)15-8-18-9-19(15)14-5-4-12(16)7-11(14)3/h4-5,7-10,13H,6,17H2,1-3H3. The van der Waals surface area contributed by atoms with Crippen molar-refractivity contribution in [1.29, 1.82) is 0 Å². The fraction of sp³-hybridized carbons (Fsp3) is 0.400. The highest BCUT2D eigenvalue weighted by atomic mass is 79.9. The second kappa shape index (κ2) is 5.88. The Morgan fingerprint density at radius 3 is 2.74 bits per heavy atom. The van der Waals surface area contributed by atoms with Gasteiger partial charge in [-0.1, -0.05) is 29.8 Å². The molecular formula is C15H20BrN3. The van der Waals surface area contributed by atoms with Crippen molar-refractivity contribution in [2.45, 2.75) is 33.2 Å².